The standard InChI is InChI=1S/C16H25NO/c1-3-7-13-10-11-15(18)12-16(13)17(2)14-8-5-4-6-9-14/h4-6,8-9,13,15-16,18H,3,7,10-12H2,1-2H3. The van der Waals surface area contributed by atoms with Crippen molar-refractivity contribution in [1.29, 1.82) is 0 Å². The van der Waals surface area contributed by atoms with Gasteiger partial charge in [0.1, 0.15) is 0 Å². The molecule has 0 radical (unpaired) electrons. The van der Waals surface area contributed by atoms with E-state index >= 15 is 0 Å². The molecular weight excluding hydrogens is 222 g/mol. The molecule has 0 spiro atoms. The third kappa shape index (κ3) is 3.05. The smallest absolute Gasteiger partial charge is 0.0560 e. The molecule has 3 unspecified atom stereocenters. The van der Waals surface area contributed by atoms with Crippen LogP contribution in [0.1, 0.15) is 39.0 Å². The average Bonchev–Trinajstić information content (AvgIpc) is 2.41. The lowest BCUT2D eigenvalue weighted by Crippen LogP contribution is -2.44. The summed E-state index contributed by atoms with van der Waals surface area (Å²) in [6, 6.07) is 11.0. The Morgan fingerprint density at radius 3 is 2.61 bits per heavy atom. The highest BCUT2D eigenvalue weighted by Gasteiger charge is 2.31. The van der Waals surface area contributed by atoms with Gasteiger partial charge in [-0.1, -0.05) is 31.5 Å². The van der Waals surface area contributed by atoms with Crippen molar-refractivity contribution in [2.24, 2.45) is 5.92 Å². The fourth-order valence-corrected chi connectivity index (χ4v) is 3.22. The van der Waals surface area contributed by atoms with Crippen molar-refractivity contribution in [2.75, 3.05) is 11.9 Å². The quantitative estimate of drug-likeness (QED) is 0.881. The average molecular weight is 247 g/mol. The second-order valence-electron chi connectivity index (χ2n) is 5.53. The number of aliphatic hydroxyl groups excluding tert-OH is 1. The number of anilines is 1. The van der Waals surface area contributed by atoms with Crippen LogP contribution in [-0.2, 0) is 0 Å². The zero-order valence-electron chi connectivity index (χ0n) is 11.5. The lowest BCUT2D eigenvalue weighted by atomic mass is 9.79. The molecule has 100 valence electrons. The molecule has 1 aromatic rings. The maximum Gasteiger partial charge on any atom is 0.0560 e. The number of rotatable bonds is 4. The van der Waals surface area contributed by atoms with Gasteiger partial charge in [0.15, 0.2) is 0 Å². The van der Waals surface area contributed by atoms with Crippen LogP contribution in [0.4, 0.5) is 5.69 Å². The van der Waals surface area contributed by atoms with E-state index in [2.05, 4.69) is 49.2 Å². The molecule has 0 amide bonds. The highest BCUT2D eigenvalue weighted by Crippen LogP contribution is 2.33. The Hall–Kier alpha value is -1.02. The van der Waals surface area contributed by atoms with Crippen molar-refractivity contribution in [2.45, 2.75) is 51.2 Å². The van der Waals surface area contributed by atoms with E-state index in [4.69, 9.17) is 0 Å². The summed E-state index contributed by atoms with van der Waals surface area (Å²) in [5, 5.41) is 9.93. The minimum Gasteiger partial charge on any atom is -0.393 e. The van der Waals surface area contributed by atoms with Crippen LogP contribution >= 0.6 is 0 Å². The van der Waals surface area contributed by atoms with Crippen LogP contribution in [-0.4, -0.2) is 24.3 Å². The van der Waals surface area contributed by atoms with Gasteiger partial charge in [-0.2, -0.15) is 0 Å². The van der Waals surface area contributed by atoms with E-state index in [0.717, 1.165) is 25.2 Å². The maximum atomic E-state index is 9.93. The molecule has 0 bridgehead atoms. The van der Waals surface area contributed by atoms with Crippen LogP contribution in [0.5, 0.6) is 0 Å². The normalized spacial score (nSPS) is 28.1. The first-order chi connectivity index (χ1) is 8.72. The molecule has 1 aliphatic carbocycles. The molecule has 1 N–H and O–H groups in total. The Balaban J connectivity index is 2.12. The summed E-state index contributed by atoms with van der Waals surface area (Å²) in [6.07, 6.45) is 5.44. The number of hydrogen-bond donors (Lipinski definition) is 1. The first-order valence-corrected chi connectivity index (χ1v) is 7.18. The van der Waals surface area contributed by atoms with E-state index in [1.54, 1.807) is 0 Å². The summed E-state index contributed by atoms with van der Waals surface area (Å²) in [6.45, 7) is 2.25. The molecule has 1 saturated carbocycles. The predicted molar refractivity (Wildman–Crippen MR) is 76.9 cm³/mol. The number of benzene rings is 1. The molecule has 1 fully saturated rings. The molecule has 2 rings (SSSR count). The number of nitrogens with zero attached hydrogens (tertiary/aromatic N) is 1. The summed E-state index contributed by atoms with van der Waals surface area (Å²) >= 11 is 0. The molecule has 2 heteroatoms. The van der Waals surface area contributed by atoms with E-state index in [1.165, 1.54) is 18.5 Å². The summed E-state index contributed by atoms with van der Waals surface area (Å²) in [5.74, 6) is 0.726. The minimum absolute atomic E-state index is 0.116. The molecule has 3 atom stereocenters. The summed E-state index contributed by atoms with van der Waals surface area (Å²) in [4.78, 5) is 2.36. The largest absolute Gasteiger partial charge is 0.393 e. The third-order valence-electron chi connectivity index (χ3n) is 4.25. The summed E-state index contributed by atoms with van der Waals surface area (Å²) in [7, 11) is 2.17. The van der Waals surface area contributed by atoms with Gasteiger partial charge in [0.2, 0.25) is 0 Å². The molecule has 0 aromatic heterocycles. The van der Waals surface area contributed by atoms with Crippen LogP contribution in [0, 0.1) is 5.92 Å². The molecule has 0 heterocycles. The molecule has 0 saturated heterocycles. The highest BCUT2D eigenvalue weighted by molar-refractivity contribution is 5.46. The zero-order valence-corrected chi connectivity index (χ0v) is 11.5. The van der Waals surface area contributed by atoms with E-state index in [9.17, 15) is 5.11 Å². The van der Waals surface area contributed by atoms with Crippen LogP contribution in [0.15, 0.2) is 30.3 Å². The lowest BCUT2D eigenvalue weighted by Gasteiger charge is -2.41. The fraction of sp³-hybridized carbons (Fsp3) is 0.625. The van der Waals surface area contributed by atoms with E-state index in [1.807, 2.05) is 0 Å². The van der Waals surface area contributed by atoms with Crippen LogP contribution < -0.4 is 4.90 Å². The Labute approximate surface area is 111 Å². The van der Waals surface area contributed by atoms with Gasteiger partial charge < -0.3 is 10.0 Å². The lowest BCUT2D eigenvalue weighted by molar-refractivity contribution is 0.0910. The minimum atomic E-state index is -0.116. The number of hydrogen-bond acceptors (Lipinski definition) is 2. The van der Waals surface area contributed by atoms with Crippen molar-refractivity contribution >= 4 is 5.69 Å². The first-order valence-electron chi connectivity index (χ1n) is 7.18. The van der Waals surface area contributed by atoms with Crippen molar-refractivity contribution in [3.05, 3.63) is 30.3 Å². The molecule has 0 aliphatic heterocycles. The van der Waals surface area contributed by atoms with Crippen LogP contribution in [0.25, 0.3) is 0 Å². The van der Waals surface area contributed by atoms with Crippen molar-refractivity contribution < 1.29 is 5.11 Å². The van der Waals surface area contributed by atoms with Crippen molar-refractivity contribution in [3.63, 3.8) is 0 Å². The Kier molecular flexibility index (Phi) is 4.65. The van der Waals surface area contributed by atoms with E-state index < -0.39 is 0 Å². The highest BCUT2D eigenvalue weighted by atomic mass is 16.3. The van der Waals surface area contributed by atoms with E-state index in [0.29, 0.717) is 6.04 Å². The SMILES string of the molecule is CCCC1CCC(O)CC1N(C)c1ccccc1. The predicted octanol–water partition coefficient (Wildman–Crippen LogP) is 3.45. The van der Waals surface area contributed by atoms with Gasteiger partial charge in [0.05, 0.1) is 6.10 Å². The van der Waals surface area contributed by atoms with Crippen molar-refractivity contribution in [1.82, 2.24) is 0 Å². The Morgan fingerprint density at radius 1 is 1.22 bits per heavy atom. The molecule has 18 heavy (non-hydrogen) atoms. The maximum absolute atomic E-state index is 9.93. The summed E-state index contributed by atoms with van der Waals surface area (Å²) in [5.41, 5.74) is 1.26. The fourth-order valence-electron chi connectivity index (χ4n) is 3.22. The Morgan fingerprint density at radius 2 is 1.94 bits per heavy atom. The van der Waals surface area contributed by atoms with Gasteiger partial charge in [-0.25, -0.2) is 0 Å². The van der Waals surface area contributed by atoms with Gasteiger partial charge in [-0.3, -0.25) is 0 Å². The van der Waals surface area contributed by atoms with Gasteiger partial charge in [-0.15, -0.1) is 0 Å². The first kappa shape index (κ1) is 13.4. The second-order valence-corrected chi connectivity index (χ2v) is 5.53. The zero-order chi connectivity index (χ0) is 13.0. The van der Waals surface area contributed by atoms with Gasteiger partial charge >= 0.3 is 0 Å². The topological polar surface area (TPSA) is 23.5 Å². The Bertz CT molecular complexity index is 351. The van der Waals surface area contributed by atoms with E-state index in [-0.39, 0.29) is 6.10 Å². The van der Waals surface area contributed by atoms with Crippen LogP contribution in [0.2, 0.25) is 0 Å². The van der Waals surface area contributed by atoms with Crippen LogP contribution in [0.3, 0.4) is 0 Å². The third-order valence-corrected chi connectivity index (χ3v) is 4.25. The van der Waals surface area contributed by atoms with Crippen molar-refractivity contribution in [3.8, 4) is 0 Å². The number of aliphatic hydroxyl groups is 1. The molecule has 1 aromatic carbocycles. The van der Waals surface area contributed by atoms with Gasteiger partial charge in [0, 0.05) is 18.8 Å². The van der Waals surface area contributed by atoms with Gasteiger partial charge in [-0.05, 0) is 43.7 Å². The summed E-state index contributed by atoms with van der Waals surface area (Å²) < 4.78 is 0. The monoisotopic (exact) mass is 247 g/mol. The second kappa shape index (κ2) is 6.24. The molecule has 1 aliphatic rings. The molecule has 2 nitrogen and oxygen atoms in total. The number of para-hydroxylation sites is 1. The molecular formula is C16H25NO. The van der Waals surface area contributed by atoms with Gasteiger partial charge in [0.25, 0.3) is 0 Å².